The maximum Gasteiger partial charge on any atom is 0.233 e. The van der Waals surface area contributed by atoms with E-state index in [2.05, 4.69) is 28.2 Å². The summed E-state index contributed by atoms with van der Waals surface area (Å²) in [5, 5.41) is 1.66. The Kier molecular flexibility index (Phi) is 6.22. The van der Waals surface area contributed by atoms with Crippen molar-refractivity contribution in [3.05, 3.63) is 66.9 Å². The summed E-state index contributed by atoms with van der Waals surface area (Å²) < 4.78 is 29.5. The van der Waals surface area contributed by atoms with Crippen molar-refractivity contribution in [2.45, 2.75) is 24.0 Å². The van der Waals surface area contributed by atoms with Crippen LogP contribution >= 0.6 is 23.1 Å². The Labute approximate surface area is 199 Å². The lowest BCUT2D eigenvalue weighted by molar-refractivity contribution is -0.131. The van der Waals surface area contributed by atoms with Crippen molar-refractivity contribution < 1.29 is 17.6 Å². The first-order valence-electron chi connectivity index (χ1n) is 10.4. The number of furan rings is 1. The highest BCUT2D eigenvalue weighted by atomic mass is 32.2. The van der Waals surface area contributed by atoms with Gasteiger partial charge < -0.3 is 9.32 Å². The van der Waals surface area contributed by atoms with Crippen molar-refractivity contribution in [3.8, 4) is 10.4 Å². The van der Waals surface area contributed by atoms with Gasteiger partial charge in [-0.25, -0.2) is 18.4 Å². The molecule has 1 atom stereocenters. The van der Waals surface area contributed by atoms with Gasteiger partial charge in [0.05, 0.1) is 30.1 Å². The predicted molar refractivity (Wildman–Crippen MR) is 130 cm³/mol. The third-order valence-corrected chi connectivity index (χ3v) is 9.39. The zero-order valence-electron chi connectivity index (χ0n) is 17.6. The highest BCUT2D eigenvalue weighted by Gasteiger charge is 2.35. The van der Waals surface area contributed by atoms with Crippen molar-refractivity contribution in [3.63, 3.8) is 0 Å². The summed E-state index contributed by atoms with van der Waals surface area (Å²) in [6.45, 7) is 0.252. The van der Waals surface area contributed by atoms with Gasteiger partial charge in [0.25, 0.3) is 0 Å². The second-order valence-electron chi connectivity index (χ2n) is 7.82. The maximum absolute atomic E-state index is 13.2. The van der Waals surface area contributed by atoms with Gasteiger partial charge in [-0.3, -0.25) is 4.79 Å². The highest BCUT2D eigenvalue weighted by molar-refractivity contribution is 8.00. The van der Waals surface area contributed by atoms with E-state index in [1.165, 1.54) is 18.1 Å². The molecule has 1 amide bonds. The molecule has 7 nitrogen and oxygen atoms in total. The minimum absolute atomic E-state index is 0.00711. The summed E-state index contributed by atoms with van der Waals surface area (Å²) in [4.78, 5) is 25.6. The van der Waals surface area contributed by atoms with E-state index in [0.29, 0.717) is 12.2 Å². The monoisotopic (exact) mass is 499 g/mol. The molecule has 0 spiro atoms. The molecule has 4 heterocycles. The van der Waals surface area contributed by atoms with Gasteiger partial charge in [0.2, 0.25) is 5.91 Å². The van der Waals surface area contributed by atoms with Crippen LogP contribution in [0, 0.1) is 0 Å². The van der Waals surface area contributed by atoms with E-state index in [9.17, 15) is 13.2 Å². The molecule has 1 aromatic carbocycles. The Balaban J connectivity index is 1.35. The Bertz CT molecular complexity index is 1370. The predicted octanol–water partition coefficient (Wildman–Crippen LogP) is 4.26. The van der Waals surface area contributed by atoms with Crippen LogP contribution in [0.1, 0.15) is 12.2 Å². The van der Waals surface area contributed by atoms with Gasteiger partial charge in [-0.2, -0.15) is 0 Å². The molecule has 1 aliphatic heterocycles. The fourth-order valence-electron chi connectivity index (χ4n) is 3.92. The molecule has 33 heavy (non-hydrogen) atoms. The number of carbonyl (C=O) groups excluding carboxylic acids is 1. The maximum atomic E-state index is 13.2. The number of sulfone groups is 1. The Morgan fingerprint density at radius 1 is 1.18 bits per heavy atom. The molecular formula is C23H21N3O4S3. The van der Waals surface area contributed by atoms with Gasteiger partial charge in [-0.15, -0.1) is 11.3 Å². The van der Waals surface area contributed by atoms with E-state index in [1.54, 1.807) is 34.6 Å². The van der Waals surface area contributed by atoms with E-state index in [0.717, 1.165) is 25.7 Å². The first-order chi connectivity index (χ1) is 16.0. The summed E-state index contributed by atoms with van der Waals surface area (Å²) in [5.41, 5.74) is 1.11. The molecule has 0 saturated carbocycles. The normalized spacial score (nSPS) is 17.4. The van der Waals surface area contributed by atoms with Crippen molar-refractivity contribution in [2.24, 2.45) is 0 Å². The average molecular weight is 500 g/mol. The number of thiophene rings is 1. The molecule has 0 unspecified atom stereocenters. The lowest BCUT2D eigenvalue weighted by atomic mass is 10.2. The lowest BCUT2D eigenvalue weighted by Crippen LogP contribution is -2.41. The van der Waals surface area contributed by atoms with Crippen LogP contribution in [-0.4, -0.2) is 52.5 Å². The van der Waals surface area contributed by atoms with E-state index in [-0.39, 0.29) is 35.8 Å². The number of aromatic nitrogens is 2. The number of nitrogens with zero attached hydrogens (tertiary/aromatic N) is 3. The van der Waals surface area contributed by atoms with Crippen LogP contribution in [0.3, 0.4) is 0 Å². The van der Waals surface area contributed by atoms with E-state index in [1.807, 2.05) is 18.2 Å². The van der Waals surface area contributed by atoms with Crippen molar-refractivity contribution in [1.29, 1.82) is 0 Å². The van der Waals surface area contributed by atoms with Crippen LogP contribution < -0.4 is 0 Å². The van der Waals surface area contributed by atoms with Gasteiger partial charge >= 0.3 is 0 Å². The topological polar surface area (TPSA) is 93.4 Å². The van der Waals surface area contributed by atoms with Gasteiger partial charge in [-0.05, 0) is 30.2 Å². The number of hydrogen-bond donors (Lipinski definition) is 0. The summed E-state index contributed by atoms with van der Waals surface area (Å²) in [5.74, 6) is 0.750. The quantitative estimate of drug-likeness (QED) is 0.277. The second-order valence-corrected chi connectivity index (χ2v) is 12.0. The summed E-state index contributed by atoms with van der Waals surface area (Å²) in [6, 6.07) is 15.3. The molecule has 1 fully saturated rings. The SMILES string of the molecule is O=C(CSc1ncnc2sc(-c3ccccc3)cc12)N(Cc1ccco1)[C@H]1CCS(=O)(=O)C1. The fraction of sp³-hybridized carbons (Fsp3) is 0.261. The number of rotatable bonds is 7. The van der Waals surface area contributed by atoms with Crippen LogP contribution in [0.15, 0.2) is 70.6 Å². The number of carbonyl (C=O) groups is 1. The van der Waals surface area contributed by atoms with Crippen LogP contribution in [0.4, 0.5) is 0 Å². The molecule has 0 aliphatic carbocycles. The molecule has 4 aromatic rings. The molecule has 10 heteroatoms. The third-order valence-electron chi connectivity index (χ3n) is 5.56. The molecule has 5 rings (SSSR count). The van der Waals surface area contributed by atoms with Gasteiger partial charge in [0.1, 0.15) is 21.9 Å². The first-order valence-corrected chi connectivity index (χ1v) is 14.1. The molecule has 0 radical (unpaired) electrons. The third kappa shape index (κ3) is 4.97. The van der Waals surface area contributed by atoms with Crippen molar-refractivity contribution >= 4 is 49.1 Å². The first kappa shape index (κ1) is 22.1. The Morgan fingerprint density at radius 2 is 2.03 bits per heavy atom. The molecule has 1 aliphatic rings. The van der Waals surface area contributed by atoms with Crippen LogP contribution in [0.5, 0.6) is 0 Å². The number of amides is 1. The van der Waals surface area contributed by atoms with E-state index in [4.69, 9.17) is 4.42 Å². The van der Waals surface area contributed by atoms with Gasteiger partial charge in [0.15, 0.2) is 9.84 Å². The largest absolute Gasteiger partial charge is 0.467 e. The fourth-order valence-corrected chi connectivity index (χ4v) is 7.58. The number of thioether (sulfide) groups is 1. The van der Waals surface area contributed by atoms with Crippen LogP contribution in [0.2, 0.25) is 0 Å². The molecule has 1 saturated heterocycles. The molecule has 0 bridgehead atoms. The summed E-state index contributed by atoms with van der Waals surface area (Å²) >= 11 is 2.94. The highest BCUT2D eigenvalue weighted by Crippen LogP contribution is 2.36. The Morgan fingerprint density at radius 3 is 2.76 bits per heavy atom. The van der Waals surface area contributed by atoms with Gasteiger partial charge in [0, 0.05) is 16.3 Å². The van der Waals surface area contributed by atoms with Crippen LogP contribution in [-0.2, 0) is 21.2 Å². The molecule has 170 valence electrons. The minimum Gasteiger partial charge on any atom is -0.467 e. The van der Waals surface area contributed by atoms with E-state index < -0.39 is 9.84 Å². The Hall–Kier alpha value is -2.69. The lowest BCUT2D eigenvalue weighted by Gasteiger charge is -2.27. The zero-order valence-corrected chi connectivity index (χ0v) is 20.0. The average Bonchev–Trinajstić information content (AvgIpc) is 3.56. The number of hydrogen-bond acceptors (Lipinski definition) is 8. The standard InChI is InChI=1S/C23H21N3O4S3/c27-21(26(12-18-7-4-9-30-18)17-8-10-33(28,29)14-17)13-31-22-19-11-20(16-5-2-1-3-6-16)32-23(19)25-15-24-22/h1-7,9,11,15,17H,8,10,12-14H2/t17-/m0/s1. The molecular weight excluding hydrogens is 478 g/mol. The number of benzene rings is 1. The minimum atomic E-state index is -3.12. The van der Waals surface area contributed by atoms with Crippen LogP contribution in [0.25, 0.3) is 20.7 Å². The van der Waals surface area contributed by atoms with Gasteiger partial charge in [-0.1, -0.05) is 42.1 Å². The van der Waals surface area contributed by atoms with E-state index >= 15 is 0 Å². The summed E-state index contributed by atoms with van der Waals surface area (Å²) in [7, 11) is -3.12. The second kappa shape index (κ2) is 9.28. The smallest absolute Gasteiger partial charge is 0.233 e. The summed E-state index contributed by atoms with van der Waals surface area (Å²) in [6.07, 6.45) is 3.52. The van der Waals surface area contributed by atoms with Crippen molar-refractivity contribution in [2.75, 3.05) is 17.3 Å². The number of fused-ring (bicyclic) bond motifs is 1. The molecule has 0 N–H and O–H groups in total. The zero-order chi connectivity index (χ0) is 22.8. The molecule has 3 aromatic heterocycles. The van der Waals surface area contributed by atoms with Crippen molar-refractivity contribution in [1.82, 2.24) is 14.9 Å².